The van der Waals surface area contributed by atoms with Crippen LogP contribution in [-0.2, 0) is 16.0 Å². The molecular weight excluding hydrogens is 484 g/mol. The molecule has 3 saturated heterocycles. The molecule has 1 aromatic heterocycles. The monoisotopic (exact) mass is 516 g/mol. The minimum absolute atomic E-state index is 0.0126. The molecule has 5 heterocycles. The Morgan fingerprint density at radius 1 is 0.921 bits per heavy atom. The number of hydrogen-bond donors (Lipinski definition) is 1. The summed E-state index contributed by atoms with van der Waals surface area (Å²) in [5.74, 6) is 1.60. The Hall–Kier alpha value is -3.46. The van der Waals surface area contributed by atoms with Crippen LogP contribution < -0.4 is 10.1 Å². The van der Waals surface area contributed by atoms with E-state index in [1.165, 1.54) is 0 Å². The minimum atomic E-state index is -0.0361. The SMILES string of the molecule is O=C1Cc2ccc(C(=O)N3C[C@H]4CN(C(=O)c5cnc(OC6CCOCC6)c(C6CC6)c5)C[C@@H]4C3)cc2N1. The van der Waals surface area contributed by atoms with Crippen molar-refractivity contribution < 1.29 is 23.9 Å². The Morgan fingerprint density at radius 3 is 2.29 bits per heavy atom. The van der Waals surface area contributed by atoms with Gasteiger partial charge >= 0.3 is 0 Å². The lowest BCUT2D eigenvalue weighted by molar-refractivity contribution is -0.115. The lowest BCUT2D eigenvalue weighted by atomic mass is 10.0. The predicted molar refractivity (Wildman–Crippen MR) is 138 cm³/mol. The number of nitrogens with zero attached hydrogens (tertiary/aromatic N) is 3. The van der Waals surface area contributed by atoms with Gasteiger partial charge in [-0.2, -0.15) is 0 Å². The summed E-state index contributed by atoms with van der Waals surface area (Å²) in [6.07, 6.45) is 6.10. The second kappa shape index (κ2) is 9.38. The molecule has 0 radical (unpaired) electrons. The van der Waals surface area contributed by atoms with Gasteiger partial charge in [-0.05, 0) is 42.5 Å². The third-order valence-electron chi connectivity index (χ3n) is 8.63. The molecular formula is C29H32N4O5. The second-order valence-electron chi connectivity index (χ2n) is 11.4. The topological polar surface area (TPSA) is 101 Å². The van der Waals surface area contributed by atoms with E-state index >= 15 is 0 Å². The van der Waals surface area contributed by atoms with Crippen LogP contribution in [0, 0.1) is 11.8 Å². The molecule has 9 nitrogen and oxygen atoms in total. The van der Waals surface area contributed by atoms with Crippen molar-refractivity contribution in [3.05, 3.63) is 52.7 Å². The number of hydrogen-bond acceptors (Lipinski definition) is 6. The van der Waals surface area contributed by atoms with Gasteiger partial charge in [0.25, 0.3) is 11.8 Å². The van der Waals surface area contributed by atoms with Crippen molar-refractivity contribution in [3.63, 3.8) is 0 Å². The van der Waals surface area contributed by atoms with E-state index in [4.69, 9.17) is 9.47 Å². The fourth-order valence-electron chi connectivity index (χ4n) is 6.36. The summed E-state index contributed by atoms with van der Waals surface area (Å²) in [6, 6.07) is 7.46. The molecule has 5 aliphatic rings. The highest BCUT2D eigenvalue weighted by molar-refractivity contribution is 6.02. The Morgan fingerprint density at radius 2 is 1.61 bits per heavy atom. The molecule has 198 valence electrons. The Bertz CT molecular complexity index is 1290. The number of pyridine rings is 1. The fraction of sp³-hybridized carbons (Fsp3) is 0.517. The van der Waals surface area contributed by atoms with Gasteiger partial charge in [-0.25, -0.2) is 4.98 Å². The zero-order valence-electron chi connectivity index (χ0n) is 21.4. The fourth-order valence-corrected chi connectivity index (χ4v) is 6.36. The summed E-state index contributed by atoms with van der Waals surface area (Å²) >= 11 is 0. The van der Waals surface area contributed by atoms with Crippen molar-refractivity contribution in [2.75, 3.05) is 44.7 Å². The van der Waals surface area contributed by atoms with Gasteiger partial charge in [0.15, 0.2) is 0 Å². The number of benzene rings is 1. The van der Waals surface area contributed by atoms with E-state index < -0.39 is 0 Å². The van der Waals surface area contributed by atoms with Crippen LogP contribution in [0.5, 0.6) is 5.88 Å². The first-order valence-corrected chi connectivity index (χ1v) is 13.8. The van der Waals surface area contributed by atoms with Crippen LogP contribution in [0.2, 0.25) is 0 Å². The molecule has 0 spiro atoms. The van der Waals surface area contributed by atoms with E-state index in [1.54, 1.807) is 12.3 Å². The number of likely N-dealkylation sites (tertiary alicyclic amines) is 2. The standard InChI is InChI=1S/C29H32N4O5/c34-26-11-18-3-4-19(10-25(18)31-26)28(35)32-13-21-15-33(16-22(21)14-32)29(36)20-9-24(17-1-2-17)27(30-12-20)38-23-5-7-37-8-6-23/h3-4,9-10,12,17,21-23H,1-2,5-8,11,13-16H2,(H,31,34)/t21-,22-/m0/s1. The summed E-state index contributed by atoms with van der Waals surface area (Å²) < 4.78 is 11.7. The van der Waals surface area contributed by atoms with Gasteiger partial charge < -0.3 is 24.6 Å². The van der Waals surface area contributed by atoms with Crippen LogP contribution in [0.15, 0.2) is 30.5 Å². The van der Waals surface area contributed by atoms with Crippen LogP contribution >= 0.6 is 0 Å². The summed E-state index contributed by atoms with van der Waals surface area (Å²) in [5, 5.41) is 2.82. The highest BCUT2D eigenvalue weighted by atomic mass is 16.5. The molecule has 2 atom stereocenters. The van der Waals surface area contributed by atoms with E-state index in [1.807, 2.05) is 28.0 Å². The van der Waals surface area contributed by atoms with Gasteiger partial charge in [0.05, 0.1) is 25.2 Å². The van der Waals surface area contributed by atoms with Crippen molar-refractivity contribution in [1.82, 2.24) is 14.8 Å². The van der Waals surface area contributed by atoms with Gasteiger partial charge in [-0.3, -0.25) is 14.4 Å². The van der Waals surface area contributed by atoms with E-state index in [9.17, 15) is 14.4 Å². The maximum atomic E-state index is 13.5. The second-order valence-corrected chi connectivity index (χ2v) is 11.4. The number of carbonyl (C=O) groups excluding carboxylic acids is 3. The molecule has 1 saturated carbocycles. The molecule has 2 aromatic rings. The number of anilines is 1. The third-order valence-corrected chi connectivity index (χ3v) is 8.63. The van der Waals surface area contributed by atoms with Gasteiger partial charge in [-0.15, -0.1) is 0 Å². The van der Waals surface area contributed by atoms with Crippen LogP contribution in [0.3, 0.4) is 0 Å². The highest BCUT2D eigenvalue weighted by Gasteiger charge is 2.43. The van der Waals surface area contributed by atoms with Gasteiger partial charge in [0.2, 0.25) is 11.8 Å². The van der Waals surface area contributed by atoms with Crippen molar-refractivity contribution in [2.24, 2.45) is 11.8 Å². The summed E-state index contributed by atoms with van der Waals surface area (Å²) in [4.78, 5) is 46.7. The van der Waals surface area contributed by atoms with E-state index in [2.05, 4.69) is 10.3 Å². The molecule has 1 aliphatic carbocycles. The first-order valence-electron chi connectivity index (χ1n) is 13.8. The smallest absolute Gasteiger partial charge is 0.255 e. The first kappa shape index (κ1) is 23.6. The molecule has 38 heavy (non-hydrogen) atoms. The number of amides is 3. The van der Waals surface area contributed by atoms with Crippen LogP contribution in [0.25, 0.3) is 0 Å². The normalized spacial score (nSPS) is 24.8. The van der Waals surface area contributed by atoms with Gasteiger partial charge in [0, 0.05) is 73.9 Å². The van der Waals surface area contributed by atoms with E-state index in [-0.39, 0.29) is 35.7 Å². The molecule has 3 amide bonds. The number of carbonyl (C=O) groups is 3. The van der Waals surface area contributed by atoms with Crippen LogP contribution in [0.4, 0.5) is 5.69 Å². The molecule has 0 unspecified atom stereocenters. The Labute approximate surface area is 221 Å². The van der Waals surface area contributed by atoms with Crippen LogP contribution in [-0.4, -0.2) is 78.0 Å². The average Bonchev–Trinajstić information content (AvgIpc) is 3.41. The highest BCUT2D eigenvalue weighted by Crippen LogP contribution is 2.44. The molecule has 0 bridgehead atoms. The summed E-state index contributed by atoms with van der Waals surface area (Å²) in [6.45, 7) is 4.00. The van der Waals surface area contributed by atoms with E-state index in [0.29, 0.717) is 68.7 Å². The zero-order valence-corrected chi connectivity index (χ0v) is 21.4. The molecule has 9 heteroatoms. The molecule has 7 rings (SSSR count). The first-order chi connectivity index (χ1) is 18.5. The minimum Gasteiger partial charge on any atom is -0.474 e. The molecule has 4 aliphatic heterocycles. The molecule has 1 aromatic carbocycles. The van der Waals surface area contributed by atoms with Crippen LogP contribution in [0.1, 0.15) is 63.4 Å². The summed E-state index contributed by atoms with van der Waals surface area (Å²) in [7, 11) is 0. The lowest BCUT2D eigenvalue weighted by Crippen LogP contribution is -2.35. The number of ether oxygens (including phenoxy) is 2. The predicted octanol–water partition coefficient (Wildman–Crippen LogP) is 2.86. The number of rotatable bonds is 5. The quantitative estimate of drug-likeness (QED) is 0.656. The Kier molecular flexibility index (Phi) is 5.83. The molecule has 4 fully saturated rings. The van der Waals surface area contributed by atoms with Crippen molar-refractivity contribution in [2.45, 2.75) is 44.1 Å². The Balaban J connectivity index is 0.998. The maximum Gasteiger partial charge on any atom is 0.255 e. The zero-order chi connectivity index (χ0) is 25.8. The van der Waals surface area contributed by atoms with Gasteiger partial charge in [-0.1, -0.05) is 6.07 Å². The number of aromatic nitrogens is 1. The largest absolute Gasteiger partial charge is 0.474 e. The lowest BCUT2D eigenvalue weighted by Gasteiger charge is -2.24. The van der Waals surface area contributed by atoms with Crippen molar-refractivity contribution >= 4 is 23.4 Å². The number of nitrogens with one attached hydrogen (secondary N) is 1. The average molecular weight is 517 g/mol. The van der Waals surface area contributed by atoms with Gasteiger partial charge in [0.1, 0.15) is 6.10 Å². The summed E-state index contributed by atoms with van der Waals surface area (Å²) in [5.41, 5.74) is 3.95. The maximum absolute atomic E-state index is 13.5. The van der Waals surface area contributed by atoms with Crippen molar-refractivity contribution in [1.29, 1.82) is 0 Å². The van der Waals surface area contributed by atoms with Crippen molar-refractivity contribution in [3.8, 4) is 5.88 Å². The number of fused-ring (bicyclic) bond motifs is 2. The third kappa shape index (κ3) is 4.42. The molecule has 1 N–H and O–H groups in total. The van der Waals surface area contributed by atoms with E-state index in [0.717, 1.165) is 42.5 Å².